The van der Waals surface area contributed by atoms with Gasteiger partial charge in [0, 0.05) is 37.5 Å². The maximum atomic E-state index is 2.95. The molecule has 0 rings (SSSR count). The maximum Gasteiger partial charge on any atom is 0.00859 e. The molecule has 0 amide bonds. The van der Waals surface area contributed by atoms with Crippen LogP contribution in [0.4, 0.5) is 0 Å². The Morgan fingerprint density at radius 2 is 1.88 bits per heavy atom. The molecule has 8 heavy (non-hydrogen) atoms. The zero-order valence-corrected chi connectivity index (χ0v) is 9.08. The van der Waals surface area contributed by atoms with Crippen molar-refractivity contribution >= 4 is 0 Å². The first-order valence-corrected chi connectivity index (χ1v) is 2.31. The summed E-state index contributed by atoms with van der Waals surface area (Å²) in [7, 11) is 0. The number of unbranched alkanes of at least 4 members (excludes halogenated alkanes) is 1. The first kappa shape index (κ1) is 15.8. The second-order valence-corrected chi connectivity index (χ2v) is 1.18. The topological polar surface area (TPSA) is 0 Å². The maximum absolute atomic E-state index is 2.95. The van der Waals surface area contributed by atoms with Crippen LogP contribution >= 0.6 is 0 Å². The Bertz CT molecular complexity index is 66.2. The molecule has 0 aromatic carbocycles. The third-order valence-corrected chi connectivity index (χ3v) is 0.552. The Kier molecular flexibility index (Phi) is 31.0. The molecule has 0 fully saturated rings. The predicted octanol–water partition coefficient (Wildman–Crippen LogP) is 2.45. The van der Waals surface area contributed by atoms with Gasteiger partial charge in [-0.25, -0.2) is 0 Å². The van der Waals surface area contributed by atoms with Gasteiger partial charge in [-0.05, 0) is 13.3 Å². The Morgan fingerprint density at radius 1 is 1.38 bits per heavy atom. The van der Waals surface area contributed by atoms with Gasteiger partial charge in [0.15, 0.2) is 0 Å². The Labute approximate surface area is 76.8 Å². The summed E-state index contributed by atoms with van der Waals surface area (Å²) in [5.41, 5.74) is 0. The van der Waals surface area contributed by atoms with Gasteiger partial charge in [-0.2, -0.15) is 0 Å². The SMILES string of the molecule is C.CC#CCCC.[U]. The summed E-state index contributed by atoms with van der Waals surface area (Å²) in [6.07, 6.45) is 2.23. The van der Waals surface area contributed by atoms with Crippen LogP contribution in [0.15, 0.2) is 0 Å². The molecule has 0 atom stereocenters. The minimum absolute atomic E-state index is 0. The van der Waals surface area contributed by atoms with E-state index in [2.05, 4.69) is 18.8 Å². The molecule has 0 nitrogen and oxygen atoms in total. The van der Waals surface area contributed by atoms with Gasteiger partial charge in [-0.3, -0.25) is 0 Å². The monoisotopic (exact) mass is 336 g/mol. The van der Waals surface area contributed by atoms with Gasteiger partial charge in [0.2, 0.25) is 0 Å². The summed E-state index contributed by atoms with van der Waals surface area (Å²) in [6, 6.07) is 0. The summed E-state index contributed by atoms with van der Waals surface area (Å²) in [4.78, 5) is 0. The standard InChI is InChI=1S/C6H10.CH4.U/c1-3-5-6-4-2;;/h3,5H2,1-2H3;1H4;. The fourth-order valence-electron chi connectivity index (χ4n) is 0.250. The third-order valence-electron chi connectivity index (χ3n) is 0.552. The average Bonchev–Trinajstić information content (AvgIpc) is 1.61. The van der Waals surface area contributed by atoms with Crippen LogP contribution in [0.5, 0.6) is 0 Å². The summed E-state index contributed by atoms with van der Waals surface area (Å²) in [5, 5.41) is 0. The normalized spacial score (nSPS) is 4.75. The van der Waals surface area contributed by atoms with E-state index in [1.807, 2.05) is 6.92 Å². The zero-order chi connectivity index (χ0) is 4.83. The molecule has 0 saturated carbocycles. The molecule has 0 aliphatic rings. The minimum Gasteiger partial charge on any atom is -0.107 e. The molecule has 46 valence electrons. The molecule has 0 aromatic heterocycles. The van der Waals surface area contributed by atoms with Gasteiger partial charge >= 0.3 is 0 Å². The molecular weight excluding hydrogens is 322 g/mol. The smallest absolute Gasteiger partial charge is 0.00859 e. The van der Waals surface area contributed by atoms with Crippen molar-refractivity contribution in [2.75, 3.05) is 0 Å². The van der Waals surface area contributed by atoms with Gasteiger partial charge in [0.1, 0.15) is 0 Å². The van der Waals surface area contributed by atoms with E-state index in [9.17, 15) is 0 Å². The molecule has 0 aliphatic heterocycles. The van der Waals surface area contributed by atoms with Crippen LogP contribution in [0.2, 0.25) is 0 Å². The van der Waals surface area contributed by atoms with E-state index in [0.29, 0.717) is 0 Å². The van der Waals surface area contributed by atoms with Crippen molar-refractivity contribution in [2.24, 2.45) is 0 Å². The van der Waals surface area contributed by atoms with Gasteiger partial charge in [0.25, 0.3) is 0 Å². The molecule has 0 bridgehead atoms. The van der Waals surface area contributed by atoms with E-state index in [1.54, 1.807) is 0 Å². The third kappa shape index (κ3) is 16.0. The molecule has 0 aliphatic carbocycles. The van der Waals surface area contributed by atoms with Crippen LogP contribution in [0.1, 0.15) is 34.1 Å². The van der Waals surface area contributed by atoms with Crippen LogP contribution in [-0.4, -0.2) is 0 Å². The molecule has 0 saturated heterocycles. The molecule has 0 unspecified atom stereocenters. The van der Waals surface area contributed by atoms with Gasteiger partial charge in [0.05, 0.1) is 0 Å². The number of hydrogen-bond donors (Lipinski definition) is 0. The van der Waals surface area contributed by atoms with Crippen molar-refractivity contribution < 1.29 is 31.1 Å². The molecule has 0 aromatic rings. The van der Waals surface area contributed by atoms with Crippen LogP contribution in [-0.2, 0) is 0 Å². The predicted molar refractivity (Wildman–Crippen MR) is 35.1 cm³/mol. The molecule has 1 heteroatoms. The van der Waals surface area contributed by atoms with Gasteiger partial charge in [-0.1, -0.05) is 14.4 Å². The molecule has 0 radical (unpaired) electrons. The van der Waals surface area contributed by atoms with Crippen LogP contribution in [0.3, 0.4) is 0 Å². The quantitative estimate of drug-likeness (QED) is 0.646. The van der Waals surface area contributed by atoms with Crippen LogP contribution < -0.4 is 0 Å². The van der Waals surface area contributed by atoms with Crippen molar-refractivity contribution in [2.45, 2.75) is 34.1 Å². The summed E-state index contributed by atoms with van der Waals surface area (Å²) >= 11 is 0. The second kappa shape index (κ2) is 15.6. The van der Waals surface area contributed by atoms with Crippen molar-refractivity contribution in [3.8, 4) is 11.8 Å². The van der Waals surface area contributed by atoms with E-state index < -0.39 is 0 Å². The number of rotatable bonds is 1. The Balaban J connectivity index is -0.000000125. The van der Waals surface area contributed by atoms with Crippen molar-refractivity contribution in [3.63, 3.8) is 0 Å². The van der Waals surface area contributed by atoms with Crippen LogP contribution in [0.25, 0.3) is 0 Å². The minimum atomic E-state index is 0. The van der Waals surface area contributed by atoms with Gasteiger partial charge < -0.3 is 0 Å². The first-order chi connectivity index (χ1) is 2.91. The van der Waals surface area contributed by atoms with Crippen molar-refractivity contribution in [3.05, 3.63) is 0 Å². The van der Waals surface area contributed by atoms with Crippen molar-refractivity contribution in [1.29, 1.82) is 0 Å². The van der Waals surface area contributed by atoms with E-state index in [0.717, 1.165) is 6.42 Å². The van der Waals surface area contributed by atoms with E-state index in [-0.39, 0.29) is 38.5 Å². The van der Waals surface area contributed by atoms with E-state index in [1.165, 1.54) is 6.42 Å². The summed E-state index contributed by atoms with van der Waals surface area (Å²) in [6.45, 7) is 4.00. The fourth-order valence-corrected chi connectivity index (χ4v) is 0.250. The Morgan fingerprint density at radius 3 is 2.00 bits per heavy atom. The second-order valence-electron chi connectivity index (χ2n) is 1.18. The van der Waals surface area contributed by atoms with Gasteiger partial charge in [-0.15, -0.1) is 11.8 Å². The molecule has 0 spiro atoms. The first-order valence-electron chi connectivity index (χ1n) is 2.31. The largest absolute Gasteiger partial charge is 0.107 e. The molecule has 0 heterocycles. The van der Waals surface area contributed by atoms with E-state index in [4.69, 9.17) is 0 Å². The summed E-state index contributed by atoms with van der Waals surface area (Å²) < 4.78 is 0. The van der Waals surface area contributed by atoms with E-state index >= 15 is 0 Å². The fraction of sp³-hybridized carbons (Fsp3) is 0.714. The molecule has 0 N–H and O–H groups in total. The van der Waals surface area contributed by atoms with Crippen LogP contribution in [0, 0.1) is 43.0 Å². The molecular formula is C7H14U. The number of hydrogen-bond acceptors (Lipinski definition) is 0. The van der Waals surface area contributed by atoms with Crippen molar-refractivity contribution in [1.82, 2.24) is 0 Å². The average molecular weight is 336 g/mol. The Hall–Kier alpha value is 0.612. The zero-order valence-electron chi connectivity index (χ0n) is 4.91. The summed E-state index contributed by atoms with van der Waals surface area (Å²) in [5.74, 6) is 5.77.